The number of amides is 2. The number of rotatable bonds is 3. The van der Waals surface area contributed by atoms with Crippen LogP contribution in [0, 0.1) is 5.92 Å². The molecule has 1 fully saturated rings. The van der Waals surface area contributed by atoms with Crippen molar-refractivity contribution in [1.29, 1.82) is 0 Å². The monoisotopic (exact) mass is 300 g/mol. The molecule has 4 nitrogen and oxygen atoms in total. The zero-order valence-electron chi connectivity index (χ0n) is 11.4. The zero-order valence-corrected chi connectivity index (χ0v) is 11.4. The van der Waals surface area contributed by atoms with E-state index in [4.69, 9.17) is 0 Å². The van der Waals surface area contributed by atoms with Crippen molar-refractivity contribution in [2.45, 2.75) is 19.1 Å². The smallest absolute Gasteiger partial charge is 0.359 e. The van der Waals surface area contributed by atoms with Gasteiger partial charge >= 0.3 is 6.18 Å². The predicted molar refractivity (Wildman–Crippen MR) is 69.0 cm³/mol. The van der Waals surface area contributed by atoms with Crippen LogP contribution in [0.15, 0.2) is 24.3 Å². The highest BCUT2D eigenvalue weighted by Gasteiger charge is 2.34. The lowest BCUT2D eigenvalue weighted by Gasteiger charge is -2.17. The predicted octanol–water partition coefficient (Wildman–Crippen LogP) is 1.80. The molecule has 114 valence electrons. The van der Waals surface area contributed by atoms with Crippen LogP contribution in [0.4, 0.5) is 13.2 Å². The minimum Gasteiger partial charge on any atom is -0.359 e. The summed E-state index contributed by atoms with van der Waals surface area (Å²) in [5.74, 6) is -0.885. The molecule has 0 saturated carbocycles. The molecule has 0 aliphatic carbocycles. The number of nitrogens with one attached hydrogen (secondary N) is 1. The number of carbonyl (C=O) groups excluding carboxylic acids is 2. The molecule has 7 heteroatoms. The Morgan fingerprint density at radius 1 is 1.43 bits per heavy atom. The number of hydrogen-bond acceptors (Lipinski definition) is 2. The van der Waals surface area contributed by atoms with E-state index in [2.05, 4.69) is 5.32 Å². The van der Waals surface area contributed by atoms with E-state index in [0.717, 1.165) is 12.1 Å². The first-order chi connectivity index (χ1) is 9.81. The van der Waals surface area contributed by atoms with Crippen molar-refractivity contribution >= 4 is 11.8 Å². The van der Waals surface area contributed by atoms with Crippen molar-refractivity contribution in [2.24, 2.45) is 5.92 Å². The Bertz CT molecular complexity index is 557. The fourth-order valence-corrected chi connectivity index (χ4v) is 2.37. The molecular weight excluding hydrogens is 285 g/mol. The van der Waals surface area contributed by atoms with Gasteiger partial charge in [0.25, 0.3) is 0 Å². The lowest BCUT2D eigenvalue weighted by Crippen LogP contribution is -2.30. The SMILES string of the molecule is CNC(=O)[C@H]1CC(=O)N(Cc2cccc(C(F)(F)F)c2)C1. The number of benzene rings is 1. The van der Waals surface area contributed by atoms with Gasteiger partial charge in [0.15, 0.2) is 0 Å². The first-order valence-electron chi connectivity index (χ1n) is 6.46. The number of likely N-dealkylation sites (tertiary alicyclic amines) is 1. The van der Waals surface area contributed by atoms with Crippen LogP contribution < -0.4 is 5.32 Å². The Labute approximate surface area is 119 Å². The molecule has 1 aromatic carbocycles. The van der Waals surface area contributed by atoms with Crippen LogP contribution in [0.3, 0.4) is 0 Å². The molecule has 0 spiro atoms. The Morgan fingerprint density at radius 3 is 2.76 bits per heavy atom. The molecule has 1 aromatic rings. The zero-order chi connectivity index (χ0) is 15.6. The first kappa shape index (κ1) is 15.3. The molecule has 1 saturated heterocycles. The van der Waals surface area contributed by atoms with Crippen LogP contribution in [0.25, 0.3) is 0 Å². The molecule has 0 aromatic heterocycles. The van der Waals surface area contributed by atoms with Crippen molar-refractivity contribution in [1.82, 2.24) is 10.2 Å². The molecule has 21 heavy (non-hydrogen) atoms. The number of halogens is 3. The van der Waals surface area contributed by atoms with Gasteiger partial charge in [0, 0.05) is 26.6 Å². The molecular formula is C14H15F3N2O2. The summed E-state index contributed by atoms with van der Waals surface area (Å²) in [5.41, 5.74) is -0.342. The second-order valence-corrected chi connectivity index (χ2v) is 4.99. The molecule has 1 aliphatic heterocycles. The standard InChI is InChI=1S/C14H15F3N2O2/c1-18-13(21)10-6-12(20)19(8-10)7-9-3-2-4-11(5-9)14(15,16)17/h2-5,10H,6-8H2,1H3,(H,18,21)/t10-/m0/s1. The van der Waals surface area contributed by atoms with E-state index in [-0.39, 0.29) is 31.3 Å². The van der Waals surface area contributed by atoms with Gasteiger partial charge in [0.1, 0.15) is 0 Å². The van der Waals surface area contributed by atoms with Gasteiger partial charge in [-0.15, -0.1) is 0 Å². The maximum absolute atomic E-state index is 12.6. The molecule has 0 radical (unpaired) electrons. The Kier molecular flexibility index (Phi) is 4.20. The summed E-state index contributed by atoms with van der Waals surface area (Å²) in [6.07, 6.45) is -4.31. The summed E-state index contributed by atoms with van der Waals surface area (Å²) in [7, 11) is 1.49. The van der Waals surface area contributed by atoms with Crippen LogP contribution in [0.1, 0.15) is 17.5 Å². The maximum Gasteiger partial charge on any atom is 0.416 e. The third kappa shape index (κ3) is 3.53. The average molecular weight is 300 g/mol. The topological polar surface area (TPSA) is 49.4 Å². The second-order valence-electron chi connectivity index (χ2n) is 4.99. The molecule has 0 unspecified atom stereocenters. The van der Waals surface area contributed by atoms with Gasteiger partial charge in [-0.2, -0.15) is 13.2 Å². The Morgan fingerprint density at radius 2 is 2.14 bits per heavy atom. The minimum absolute atomic E-state index is 0.0796. The summed E-state index contributed by atoms with van der Waals surface area (Å²) < 4.78 is 37.9. The number of nitrogens with zero attached hydrogens (tertiary/aromatic N) is 1. The van der Waals surface area contributed by atoms with E-state index >= 15 is 0 Å². The van der Waals surface area contributed by atoms with Gasteiger partial charge in [-0.3, -0.25) is 9.59 Å². The number of carbonyl (C=O) groups is 2. The highest BCUT2D eigenvalue weighted by Crippen LogP contribution is 2.30. The lowest BCUT2D eigenvalue weighted by atomic mass is 10.1. The van der Waals surface area contributed by atoms with Gasteiger partial charge in [0.2, 0.25) is 11.8 Å². The summed E-state index contributed by atoms with van der Waals surface area (Å²) >= 11 is 0. The second kappa shape index (κ2) is 5.75. The van der Waals surface area contributed by atoms with E-state index in [1.807, 2.05) is 0 Å². The van der Waals surface area contributed by atoms with E-state index in [9.17, 15) is 22.8 Å². The van der Waals surface area contributed by atoms with Crippen molar-refractivity contribution in [3.05, 3.63) is 35.4 Å². The van der Waals surface area contributed by atoms with Crippen molar-refractivity contribution < 1.29 is 22.8 Å². The van der Waals surface area contributed by atoms with E-state index in [1.165, 1.54) is 24.1 Å². The van der Waals surface area contributed by atoms with Crippen LogP contribution in [0.5, 0.6) is 0 Å². The fourth-order valence-electron chi connectivity index (χ4n) is 2.37. The van der Waals surface area contributed by atoms with Crippen molar-refractivity contribution in [3.63, 3.8) is 0 Å². The number of alkyl halides is 3. The molecule has 2 rings (SSSR count). The van der Waals surface area contributed by atoms with Crippen LogP contribution in [-0.4, -0.2) is 30.3 Å². The van der Waals surface area contributed by atoms with Gasteiger partial charge in [-0.1, -0.05) is 12.1 Å². The summed E-state index contributed by atoms with van der Waals surface area (Å²) in [6, 6.07) is 4.87. The van der Waals surface area contributed by atoms with E-state index < -0.39 is 17.7 Å². The Hall–Kier alpha value is -2.05. The first-order valence-corrected chi connectivity index (χ1v) is 6.46. The van der Waals surface area contributed by atoms with Crippen LogP contribution in [-0.2, 0) is 22.3 Å². The quantitative estimate of drug-likeness (QED) is 0.925. The van der Waals surface area contributed by atoms with Crippen LogP contribution in [0.2, 0.25) is 0 Å². The fraction of sp³-hybridized carbons (Fsp3) is 0.429. The molecule has 1 aliphatic rings. The van der Waals surface area contributed by atoms with Gasteiger partial charge < -0.3 is 10.2 Å². The third-order valence-electron chi connectivity index (χ3n) is 3.46. The van der Waals surface area contributed by atoms with Crippen molar-refractivity contribution in [2.75, 3.05) is 13.6 Å². The largest absolute Gasteiger partial charge is 0.416 e. The average Bonchev–Trinajstić information content (AvgIpc) is 2.79. The molecule has 2 amide bonds. The number of hydrogen-bond donors (Lipinski definition) is 1. The maximum atomic E-state index is 12.6. The van der Waals surface area contributed by atoms with Gasteiger partial charge in [-0.05, 0) is 17.7 Å². The normalized spacial score (nSPS) is 19.0. The molecule has 0 bridgehead atoms. The van der Waals surface area contributed by atoms with Gasteiger partial charge in [0.05, 0.1) is 11.5 Å². The minimum atomic E-state index is -4.41. The van der Waals surface area contributed by atoms with Crippen LogP contribution >= 0.6 is 0 Å². The lowest BCUT2D eigenvalue weighted by molar-refractivity contribution is -0.137. The van der Waals surface area contributed by atoms with Crippen molar-refractivity contribution in [3.8, 4) is 0 Å². The highest BCUT2D eigenvalue weighted by atomic mass is 19.4. The summed E-state index contributed by atoms with van der Waals surface area (Å²) in [6.45, 7) is 0.311. The molecule has 1 N–H and O–H groups in total. The Balaban J connectivity index is 2.09. The van der Waals surface area contributed by atoms with Gasteiger partial charge in [-0.25, -0.2) is 0 Å². The third-order valence-corrected chi connectivity index (χ3v) is 3.46. The highest BCUT2D eigenvalue weighted by molar-refractivity contribution is 5.89. The molecule has 1 heterocycles. The molecule has 1 atom stereocenters. The van der Waals surface area contributed by atoms with E-state index in [1.54, 1.807) is 0 Å². The summed E-state index contributed by atoms with van der Waals surface area (Å²) in [4.78, 5) is 24.7. The van der Waals surface area contributed by atoms with E-state index in [0.29, 0.717) is 5.56 Å². The summed E-state index contributed by atoms with van der Waals surface area (Å²) in [5, 5.41) is 2.47.